The van der Waals surface area contributed by atoms with Crippen LogP contribution in [0.4, 0.5) is 5.13 Å². The highest BCUT2D eigenvalue weighted by Gasteiger charge is 2.35. The Balaban J connectivity index is 1.54. The summed E-state index contributed by atoms with van der Waals surface area (Å²) in [6.07, 6.45) is 0.976. The number of anilines is 1. The molecule has 1 saturated heterocycles. The number of thiazole rings is 1. The van der Waals surface area contributed by atoms with Gasteiger partial charge in [0.25, 0.3) is 10.0 Å². The molecule has 0 radical (unpaired) electrons. The van der Waals surface area contributed by atoms with Crippen molar-refractivity contribution in [2.45, 2.75) is 44.7 Å². The van der Waals surface area contributed by atoms with Gasteiger partial charge in [-0.25, -0.2) is 13.4 Å². The Labute approximate surface area is 226 Å². The molecule has 7 nitrogen and oxygen atoms in total. The SMILES string of the molecule is CCN(CC)CCN(C(=O)C1CCN(S(=O)(=O)c2ccc(Cl)s2)CC1)c1nc2c(C)cc(C)cc2s1. The number of likely N-dealkylation sites (N-methyl/N-ethyl adjacent to an activating group) is 1. The number of thiophene rings is 1. The van der Waals surface area contributed by atoms with Crippen molar-refractivity contribution in [1.29, 1.82) is 0 Å². The molecule has 0 spiro atoms. The maximum absolute atomic E-state index is 13.8. The smallest absolute Gasteiger partial charge is 0.252 e. The summed E-state index contributed by atoms with van der Waals surface area (Å²) in [6, 6.07) is 7.39. The van der Waals surface area contributed by atoms with Crippen LogP contribution in [0, 0.1) is 19.8 Å². The fraction of sp³-hybridized carbons (Fsp3) is 0.520. The Hall–Kier alpha value is -1.56. The zero-order chi connectivity index (χ0) is 26.0. The van der Waals surface area contributed by atoms with Crippen molar-refractivity contribution in [2.75, 3.05) is 44.2 Å². The fourth-order valence-corrected chi connectivity index (χ4v) is 8.96. The van der Waals surface area contributed by atoms with Crippen LogP contribution in [0.1, 0.15) is 37.8 Å². The predicted octanol–water partition coefficient (Wildman–Crippen LogP) is 5.40. The first-order chi connectivity index (χ1) is 17.1. The van der Waals surface area contributed by atoms with Crippen LogP contribution in [0.3, 0.4) is 0 Å². The first-order valence-electron chi connectivity index (χ1n) is 12.3. The number of carbonyl (C=O) groups excluding carboxylic acids is 1. The number of amides is 1. The number of nitrogens with zero attached hydrogens (tertiary/aromatic N) is 4. The molecule has 11 heteroatoms. The summed E-state index contributed by atoms with van der Waals surface area (Å²) >= 11 is 8.58. The Morgan fingerprint density at radius 3 is 2.42 bits per heavy atom. The average molecular weight is 569 g/mol. The summed E-state index contributed by atoms with van der Waals surface area (Å²) in [5.41, 5.74) is 3.23. The first-order valence-corrected chi connectivity index (χ1v) is 15.8. The lowest BCUT2D eigenvalue weighted by atomic mass is 9.96. The van der Waals surface area contributed by atoms with Gasteiger partial charge in [-0.1, -0.05) is 42.9 Å². The molecule has 3 heterocycles. The summed E-state index contributed by atoms with van der Waals surface area (Å²) < 4.78 is 29.3. The van der Waals surface area contributed by atoms with Crippen molar-refractivity contribution in [1.82, 2.24) is 14.2 Å². The number of rotatable bonds is 9. The Morgan fingerprint density at radius 1 is 1.11 bits per heavy atom. The van der Waals surface area contributed by atoms with Crippen LogP contribution in [0.5, 0.6) is 0 Å². The van der Waals surface area contributed by atoms with E-state index >= 15 is 0 Å². The molecular weight excluding hydrogens is 536 g/mol. The molecule has 2 aromatic heterocycles. The number of piperidine rings is 1. The zero-order valence-corrected chi connectivity index (χ0v) is 24.4. The van der Waals surface area contributed by atoms with E-state index in [-0.39, 0.29) is 16.0 Å². The average Bonchev–Trinajstić information content (AvgIpc) is 3.48. The maximum atomic E-state index is 13.8. The Bertz CT molecular complexity index is 1330. The van der Waals surface area contributed by atoms with Gasteiger partial charge in [0.2, 0.25) is 5.91 Å². The molecule has 1 amide bonds. The van der Waals surface area contributed by atoms with Crippen LogP contribution >= 0.6 is 34.3 Å². The van der Waals surface area contributed by atoms with E-state index in [0.717, 1.165) is 51.9 Å². The molecule has 1 fully saturated rings. The van der Waals surface area contributed by atoms with E-state index in [9.17, 15) is 13.2 Å². The molecule has 0 bridgehead atoms. The second-order valence-electron chi connectivity index (χ2n) is 9.18. The number of halogens is 1. The molecule has 1 aromatic carbocycles. The number of benzene rings is 1. The molecule has 0 unspecified atom stereocenters. The summed E-state index contributed by atoms with van der Waals surface area (Å²) in [6.45, 7) is 12.2. The van der Waals surface area contributed by atoms with Gasteiger partial charge in [0, 0.05) is 32.1 Å². The van der Waals surface area contributed by atoms with Crippen LogP contribution in [-0.4, -0.2) is 67.8 Å². The van der Waals surface area contributed by atoms with Crippen LogP contribution < -0.4 is 4.90 Å². The topological polar surface area (TPSA) is 73.8 Å². The number of fused-ring (bicyclic) bond motifs is 1. The molecule has 0 aliphatic carbocycles. The van der Waals surface area contributed by atoms with Crippen molar-refractivity contribution in [3.63, 3.8) is 0 Å². The third-order valence-corrected chi connectivity index (χ3v) is 11.4. The predicted molar refractivity (Wildman–Crippen MR) is 150 cm³/mol. The van der Waals surface area contributed by atoms with Gasteiger partial charge in [0.1, 0.15) is 4.21 Å². The molecule has 196 valence electrons. The summed E-state index contributed by atoms with van der Waals surface area (Å²) in [4.78, 5) is 22.9. The number of hydrogen-bond donors (Lipinski definition) is 0. The summed E-state index contributed by atoms with van der Waals surface area (Å²) in [7, 11) is -3.59. The molecule has 0 N–H and O–H groups in total. The number of sulfonamides is 1. The van der Waals surface area contributed by atoms with Crippen molar-refractivity contribution < 1.29 is 13.2 Å². The van der Waals surface area contributed by atoms with Gasteiger partial charge in [0.15, 0.2) is 5.13 Å². The summed E-state index contributed by atoms with van der Waals surface area (Å²) in [5.74, 6) is -0.207. The minimum Gasteiger partial charge on any atom is -0.302 e. The molecule has 0 saturated carbocycles. The van der Waals surface area contributed by atoms with Gasteiger partial charge in [-0.05, 0) is 69.1 Å². The van der Waals surface area contributed by atoms with Crippen molar-refractivity contribution in [2.24, 2.45) is 5.92 Å². The number of aryl methyl sites for hydroxylation is 2. The van der Waals surface area contributed by atoms with Crippen LogP contribution in [0.2, 0.25) is 4.34 Å². The lowest BCUT2D eigenvalue weighted by Gasteiger charge is -2.33. The number of carbonyl (C=O) groups is 1. The molecule has 3 aromatic rings. The minimum atomic E-state index is -3.59. The van der Waals surface area contributed by atoms with Gasteiger partial charge < -0.3 is 4.90 Å². The highest BCUT2D eigenvalue weighted by atomic mass is 35.5. The number of aromatic nitrogens is 1. The first kappa shape index (κ1) is 27.5. The third-order valence-electron chi connectivity index (χ3n) is 6.80. The molecule has 36 heavy (non-hydrogen) atoms. The molecule has 0 atom stereocenters. The second kappa shape index (κ2) is 11.4. The van der Waals surface area contributed by atoms with Gasteiger partial charge >= 0.3 is 0 Å². The van der Waals surface area contributed by atoms with Crippen LogP contribution in [0.15, 0.2) is 28.5 Å². The van der Waals surface area contributed by atoms with Gasteiger partial charge in [-0.3, -0.25) is 9.69 Å². The van der Waals surface area contributed by atoms with Gasteiger partial charge in [-0.2, -0.15) is 4.31 Å². The minimum absolute atomic E-state index is 0.0341. The molecule has 1 aliphatic rings. The van der Waals surface area contributed by atoms with E-state index in [1.807, 2.05) is 4.90 Å². The zero-order valence-electron chi connectivity index (χ0n) is 21.2. The summed E-state index contributed by atoms with van der Waals surface area (Å²) in [5, 5.41) is 0.721. The van der Waals surface area contributed by atoms with Gasteiger partial charge in [0.05, 0.1) is 14.6 Å². The van der Waals surface area contributed by atoms with E-state index in [0.29, 0.717) is 36.8 Å². The monoisotopic (exact) mass is 568 g/mol. The van der Waals surface area contributed by atoms with E-state index in [2.05, 4.69) is 44.7 Å². The number of hydrogen-bond acceptors (Lipinski definition) is 7. The van der Waals surface area contributed by atoms with E-state index < -0.39 is 10.0 Å². The largest absolute Gasteiger partial charge is 0.302 e. The van der Waals surface area contributed by atoms with Crippen molar-refractivity contribution >= 4 is 65.6 Å². The van der Waals surface area contributed by atoms with Crippen molar-refractivity contribution in [3.8, 4) is 0 Å². The van der Waals surface area contributed by atoms with Crippen molar-refractivity contribution in [3.05, 3.63) is 39.7 Å². The highest BCUT2D eigenvalue weighted by molar-refractivity contribution is 7.91. The van der Waals surface area contributed by atoms with E-state index in [1.165, 1.54) is 9.87 Å². The standard InChI is InChI=1S/C25H33ClN4O3S3/c1-5-28(6-2)13-14-30(25-27-23-18(4)15-17(3)16-20(23)34-25)24(31)19-9-11-29(12-10-19)36(32,33)22-8-7-21(26)35-22/h7-8,15-16,19H,5-6,9-14H2,1-4H3. The lowest BCUT2D eigenvalue weighted by molar-refractivity contribution is -0.123. The Kier molecular flexibility index (Phi) is 8.74. The normalized spacial score (nSPS) is 15.7. The molecule has 4 rings (SSSR count). The second-order valence-corrected chi connectivity index (χ2v) is 14.1. The lowest BCUT2D eigenvalue weighted by Crippen LogP contribution is -2.46. The molecular formula is C25H33ClN4O3S3. The van der Waals surface area contributed by atoms with Crippen LogP contribution in [0.25, 0.3) is 10.2 Å². The van der Waals surface area contributed by atoms with Gasteiger partial charge in [-0.15, -0.1) is 11.3 Å². The highest BCUT2D eigenvalue weighted by Crippen LogP contribution is 2.35. The quantitative estimate of drug-likeness (QED) is 0.345. The fourth-order valence-electron chi connectivity index (χ4n) is 4.68. The molecule has 1 aliphatic heterocycles. The third kappa shape index (κ3) is 5.79. The maximum Gasteiger partial charge on any atom is 0.252 e. The Morgan fingerprint density at radius 2 is 1.81 bits per heavy atom. The van der Waals surface area contributed by atoms with E-state index in [1.54, 1.807) is 23.5 Å². The van der Waals surface area contributed by atoms with E-state index in [4.69, 9.17) is 16.6 Å². The van der Waals surface area contributed by atoms with Crippen LogP contribution in [-0.2, 0) is 14.8 Å².